The normalized spacial score (nSPS) is 12.6. The second kappa shape index (κ2) is 5.00. The Bertz CT molecular complexity index is 761. The molecule has 0 unspecified atom stereocenters. The van der Waals surface area contributed by atoms with Crippen molar-refractivity contribution in [2.24, 2.45) is 7.05 Å². The highest BCUT2D eigenvalue weighted by Gasteiger charge is 2.27. The second-order valence-electron chi connectivity index (χ2n) is 5.34. The van der Waals surface area contributed by atoms with Crippen LogP contribution in [0.2, 0.25) is 0 Å². The van der Waals surface area contributed by atoms with Crippen molar-refractivity contribution in [3.05, 3.63) is 44.9 Å². The van der Waals surface area contributed by atoms with Gasteiger partial charge in [-0.3, -0.25) is 4.79 Å². The van der Waals surface area contributed by atoms with Gasteiger partial charge in [0, 0.05) is 12.6 Å². The molecule has 5 heteroatoms. The van der Waals surface area contributed by atoms with Crippen molar-refractivity contribution in [2.75, 3.05) is 0 Å². The van der Waals surface area contributed by atoms with E-state index in [0.29, 0.717) is 23.6 Å². The number of benzene rings is 1. The molecule has 0 bridgehead atoms. The highest BCUT2D eigenvalue weighted by Crippen LogP contribution is 2.39. The molecule has 0 aliphatic carbocycles. The Balaban J connectivity index is 2.42. The van der Waals surface area contributed by atoms with Crippen molar-refractivity contribution in [2.45, 2.75) is 33.5 Å². The highest BCUT2D eigenvalue weighted by atomic mass is 16.5. The van der Waals surface area contributed by atoms with E-state index in [1.807, 2.05) is 6.92 Å². The van der Waals surface area contributed by atoms with Crippen LogP contribution in [0.1, 0.15) is 29.3 Å². The van der Waals surface area contributed by atoms with Gasteiger partial charge in [-0.2, -0.15) is 5.10 Å². The summed E-state index contributed by atoms with van der Waals surface area (Å²) in [6.07, 6.45) is 0.837. The van der Waals surface area contributed by atoms with E-state index in [1.54, 1.807) is 7.05 Å². The van der Waals surface area contributed by atoms with E-state index in [-0.39, 0.29) is 12.2 Å². The van der Waals surface area contributed by atoms with Crippen LogP contribution in [0.3, 0.4) is 0 Å². The highest BCUT2D eigenvalue weighted by molar-refractivity contribution is 5.78. The first-order valence-corrected chi connectivity index (χ1v) is 7.03. The van der Waals surface area contributed by atoms with Gasteiger partial charge in [0.05, 0.1) is 12.2 Å². The third-order valence-corrected chi connectivity index (χ3v) is 3.87. The number of hydrogen-bond acceptors (Lipinski definition) is 4. The lowest BCUT2D eigenvalue weighted by molar-refractivity contribution is 0.247. The van der Waals surface area contributed by atoms with Gasteiger partial charge < -0.3 is 9.84 Å². The van der Waals surface area contributed by atoms with Gasteiger partial charge in [-0.1, -0.05) is 24.6 Å². The lowest BCUT2D eigenvalue weighted by Crippen LogP contribution is -2.27. The molecule has 0 radical (unpaired) electrons. The first-order chi connectivity index (χ1) is 10.1. The maximum atomic E-state index is 12.5. The molecule has 0 fully saturated rings. The van der Waals surface area contributed by atoms with E-state index in [2.05, 4.69) is 24.2 Å². The molecule has 3 rings (SSSR count). The molecule has 0 saturated carbocycles. The van der Waals surface area contributed by atoms with E-state index >= 15 is 0 Å². The lowest BCUT2D eigenvalue weighted by Gasteiger charge is -2.24. The Morgan fingerprint density at radius 3 is 2.81 bits per heavy atom. The molecule has 0 saturated heterocycles. The van der Waals surface area contributed by atoms with Gasteiger partial charge in [0.15, 0.2) is 5.75 Å². The molecule has 2 heterocycles. The number of aryl methyl sites for hydroxylation is 3. The Kier molecular flexibility index (Phi) is 3.29. The van der Waals surface area contributed by atoms with Crippen molar-refractivity contribution < 1.29 is 9.84 Å². The first kappa shape index (κ1) is 13.8. The van der Waals surface area contributed by atoms with Crippen LogP contribution in [-0.4, -0.2) is 14.9 Å². The van der Waals surface area contributed by atoms with Gasteiger partial charge in [-0.15, -0.1) is 0 Å². The van der Waals surface area contributed by atoms with Gasteiger partial charge in [0.25, 0.3) is 5.56 Å². The lowest BCUT2D eigenvalue weighted by atomic mass is 9.90. The first-order valence-electron chi connectivity index (χ1n) is 7.03. The molecular formula is C16H18N2O3. The summed E-state index contributed by atoms with van der Waals surface area (Å²) < 4.78 is 6.99. The molecule has 110 valence electrons. The fraction of sp³-hybridized carbons (Fsp3) is 0.375. The fourth-order valence-corrected chi connectivity index (χ4v) is 2.96. The molecule has 1 aromatic heterocycles. The van der Waals surface area contributed by atoms with Crippen LogP contribution in [0.15, 0.2) is 16.9 Å². The number of fused-ring (bicyclic) bond motifs is 3. The molecule has 0 amide bonds. The van der Waals surface area contributed by atoms with Crippen molar-refractivity contribution in [1.82, 2.24) is 9.78 Å². The molecule has 1 aliphatic heterocycles. The minimum atomic E-state index is -0.251. The summed E-state index contributed by atoms with van der Waals surface area (Å²) in [6, 6.07) is 4.16. The number of ether oxygens (including phenoxy) is 1. The summed E-state index contributed by atoms with van der Waals surface area (Å²) >= 11 is 0. The maximum absolute atomic E-state index is 12.5. The summed E-state index contributed by atoms with van der Waals surface area (Å²) in [6.45, 7) is 4.26. The number of nitrogens with zero attached hydrogens (tertiary/aromatic N) is 2. The molecule has 1 N–H and O–H groups in total. The van der Waals surface area contributed by atoms with Gasteiger partial charge in [-0.05, 0) is 24.5 Å². The van der Waals surface area contributed by atoms with Crippen molar-refractivity contribution in [3.63, 3.8) is 0 Å². The van der Waals surface area contributed by atoms with E-state index in [1.165, 1.54) is 4.68 Å². The molecule has 5 nitrogen and oxygen atoms in total. The van der Waals surface area contributed by atoms with Gasteiger partial charge in [0.1, 0.15) is 12.3 Å². The number of rotatable bonds is 2. The molecular weight excluding hydrogens is 268 g/mol. The Morgan fingerprint density at radius 2 is 2.14 bits per heavy atom. The van der Waals surface area contributed by atoms with Crippen molar-refractivity contribution >= 4 is 0 Å². The van der Waals surface area contributed by atoms with E-state index in [4.69, 9.17) is 4.74 Å². The largest absolute Gasteiger partial charge is 0.486 e. The minimum Gasteiger partial charge on any atom is -0.486 e. The van der Waals surface area contributed by atoms with Crippen LogP contribution in [0.5, 0.6) is 5.75 Å². The predicted molar refractivity (Wildman–Crippen MR) is 79.3 cm³/mol. The Morgan fingerprint density at radius 1 is 1.38 bits per heavy atom. The zero-order chi connectivity index (χ0) is 15.1. The molecule has 1 aromatic carbocycles. The van der Waals surface area contributed by atoms with Gasteiger partial charge in [-0.25, -0.2) is 4.68 Å². The van der Waals surface area contributed by atoms with Crippen LogP contribution in [0.25, 0.3) is 11.1 Å². The van der Waals surface area contributed by atoms with E-state index in [9.17, 15) is 9.90 Å². The fourth-order valence-electron chi connectivity index (χ4n) is 2.96. The van der Waals surface area contributed by atoms with Crippen LogP contribution in [0.4, 0.5) is 0 Å². The third kappa shape index (κ3) is 2.05. The van der Waals surface area contributed by atoms with Crippen LogP contribution >= 0.6 is 0 Å². The molecule has 21 heavy (non-hydrogen) atoms. The maximum Gasteiger partial charge on any atom is 0.278 e. The smallest absolute Gasteiger partial charge is 0.278 e. The van der Waals surface area contributed by atoms with Crippen LogP contribution in [0, 0.1) is 6.92 Å². The van der Waals surface area contributed by atoms with Crippen molar-refractivity contribution in [1.29, 1.82) is 0 Å². The standard InChI is InChI=1S/C16H18N2O3/c1-4-10-5-9(2)6-11-8-21-15-12(7-19)17-18(3)16(20)14(15)13(10)11/h5-6,19H,4,7-8H2,1-3H3. The number of aliphatic hydroxyl groups excluding tert-OH is 1. The summed E-state index contributed by atoms with van der Waals surface area (Å²) in [4.78, 5) is 12.5. The quantitative estimate of drug-likeness (QED) is 0.912. The number of hydrogen-bond donors (Lipinski definition) is 1. The zero-order valence-electron chi connectivity index (χ0n) is 12.4. The molecule has 0 spiro atoms. The zero-order valence-corrected chi connectivity index (χ0v) is 12.4. The summed E-state index contributed by atoms with van der Waals surface area (Å²) in [5.41, 5.74) is 4.98. The predicted octanol–water partition coefficient (Wildman–Crippen LogP) is 1.70. The molecule has 2 aromatic rings. The molecule has 1 aliphatic rings. The van der Waals surface area contributed by atoms with Crippen LogP contribution in [-0.2, 0) is 26.7 Å². The third-order valence-electron chi connectivity index (χ3n) is 3.87. The van der Waals surface area contributed by atoms with Crippen LogP contribution < -0.4 is 10.3 Å². The summed E-state index contributed by atoms with van der Waals surface area (Å²) in [7, 11) is 1.59. The topological polar surface area (TPSA) is 64.4 Å². The SMILES string of the molecule is CCc1cc(C)cc2c1-c1c(c(CO)nn(C)c1=O)OC2. The van der Waals surface area contributed by atoms with Crippen molar-refractivity contribution in [3.8, 4) is 16.9 Å². The summed E-state index contributed by atoms with van der Waals surface area (Å²) in [5, 5.41) is 13.5. The monoisotopic (exact) mass is 286 g/mol. The molecule has 0 atom stereocenters. The van der Waals surface area contributed by atoms with E-state index < -0.39 is 0 Å². The minimum absolute atomic E-state index is 0.193. The Hall–Kier alpha value is -2.14. The average Bonchev–Trinajstić information content (AvgIpc) is 2.49. The van der Waals surface area contributed by atoms with E-state index in [0.717, 1.165) is 28.7 Å². The number of aliphatic hydroxyl groups is 1. The van der Waals surface area contributed by atoms with Gasteiger partial charge in [0.2, 0.25) is 0 Å². The van der Waals surface area contributed by atoms with Gasteiger partial charge >= 0.3 is 0 Å². The second-order valence-corrected chi connectivity index (χ2v) is 5.34. The Labute approximate surface area is 122 Å². The summed E-state index contributed by atoms with van der Waals surface area (Å²) in [5.74, 6) is 0.423. The number of aromatic nitrogens is 2. The average molecular weight is 286 g/mol.